The van der Waals surface area contributed by atoms with Crippen molar-refractivity contribution in [3.63, 3.8) is 0 Å². The summed E-state index contributed by atoms with van der Waals surface area (Å²) in [5.41, 5.74) is 0.850. The molecule has 0 amide bonds. The molecule has 0 aliphatic heterocycles. The zero-order valence-electron chi connectivity index (χ0n) is 9.67. The first-order valence-electron chi connectivity index (χ1n) is 5.74. The average molecular weight is 216 g/mol. The van der Waals surface area contributed by atoms with Crippen LogP contribution in [-0.2, 0) is 0 Å². The second kappa shape index (κ2) is 7.70. The van der Waals surface area contributed by atoms with Gasteiger partial charge in [-0.1, -0.05) is 56.0 Å². The van der Waals surface area contributed by atoms with Crippen molar-refractivity contribution in [1.29, 1.82) is 0 Å². The van der Waals surface area contributed by atoms with E-state index in [2.05, 4.69) is 18.8 Å². The predicted molar refractivity (Wildman–Crippen MR) is 67.4 cm³/mol. The summed E-state index contributed by atoms with van der Waals surface area (Å²) in [7, 11) is 0. The highest BCUT2D eigenvalue weighted by molar-refractivity contribution is 5.55. The molecule has 1 aromatic carbocycles. The molecule has 84 valence electrons. The van der Waals surface area contributed by atoms with Crippen LogP contribution in [0.1, 0.15) is 38.2 Å². The summed E-state index contributed by atoms with van der Waals surface area (Å²) in [6.07, 6.45) is 5.64. The molecule has 0 fully saturated rings. The molecule has 0 saturated carbocycles. The van der Waals surface area contributed by atoms with Crippen LogP contribution in [0, 0.1) is 11.8 Å². The van der Waals surface area contributed by atoms with Gasteiger partial charge in [0.05, 0.1) is 0 Å². The number of hydrogen-bond acceptors (Lipinski definition) is 0. The molecular formula is C15H17F. The van der Waals surface area contributed by atoms with Crippen molar-refractivity contribution in [3.05, 3.63) is 41.7 Å². The Hall–Kier alpha value is -1.55. The lowest BCUT2D eigenvalue weighted by molar-refractivity contribution is 0.681. The standard InChI is InChI=1S/C15H17F/c1-2-3-4-5-9-12-15(16)13-14-10-7-6-8-11-14/h6-8,10-11,13H,2-5H2,1H3/b15-13+. The Kier molecular flexibility index (Phi) is 6.03. The van der Waals surface area contributed by atoms with Crippen molar-refractivity contribution >= 4 is 6.08 Å². The van der Waals surface area contributed by atoms with E-state index in [1.165, 1.54) is 18.9 Å². The number of unbranched alkanes of at least 4 members (excludes halogenated alkanes) is 3. The summed E-state index contributed by atoms with van der Waals surface area (Å²) in [5, 5.41) is 0. The minimum absolute atomic E-state index is 0.359. The molecule has 0 heterocycles. The molecule has 0 aliphatic carbocycles. The van der Waals surface area contributed by atoms with E-state index in [0.29, 0.717) is 0 Å². The summed E-state index contributed by atoms with van der Waals surface area (Å²) in [4.78, 5) is 0. The van der Waals surface area contributed by atoms with Crippen molar-refractivity contribution < 1.29 is 4.39 Å². The van der Waals surface area contributed by atoms with E-state index in [4.69, 9.17) is 0 Å². The summed E-state index contributed by atoms with van der Waals surface area (Å²) in [5.74, 6) is 5.02. The normalized spacial score (nSPS) is 10.8. The van der Waals surface area contributed by atoms with Crippen molar-refractivity contribution in [1.82, 2.24) is 0 Å². The van der Waals surface area contributed by atoms with Gasteiger partial charge in [0.2, 0.25) is 0 Å². The Bertz CT molecular complexity index is 379. The fraction of sp³-hybridized carbons (Fsp3) is 0.333. The second-order valence-electron chi connectivity index (χ2n) is 3.66. The van der Waals surface area contributed by atoms with Crippen LogP contribution >= 0.6 is 0 Å². The topological polar surface area (TPSA) is 0 Å². The fourth-order valence-electron chi connectivity index (χ4n) is 1.34. The van der Waals surface area contributed by atoms with Crippen LogP contribution in [0.2, 0.25) is 0 Å². The first-order valence-corrected chi connectivity index (χ1v) is 5.74. The third-order valence-corrected chi connectivity index (χ3v) is 2.21. The average Bonchev–Trinajstić information content (AvgIpc) is 2.30. The van der Waals surface area contributed by atoms with Gasteiger partial charge in [-0.15, -0.1) is 0 Å². The Morgan fingerprint density at radius 3 is 2.69 bits per heavy atom. The SMILES string of the molecule is CCCCCC#C/C(F)=C\c1ccccc1. The molecule has 0 spiro atoms. The molecule has 1 rings (SSSR count). The molecule has 0 N–H and O–H groups in total. The first-order chi connectivity index (χ1) is 7.83. The monoisotopic (exact) mass is 216 g/mol. The van der Waals surface area contributed by atoms with Gasteiger partial charge in [-0.25, -0.2) is 0 Å². The minimum atomic E-state index is -0.359. The highest BCUT2D eigenvalue weighted by Gasteiger charge is 1.89. The van der Waals surface area contributed by atoms with Gasteiger partial charge in [0, 0.05) is 6.42 Å². The molecule has 0 nitrogen and oxygen atoms in total. The molecule has 0 aromatic heterocycles. The molecule has 0 aliphatic rings. The van der Waals surface area contributed by atoms with Crippen LogP contribution in [0.15, 0.2) is 36.2 Å². The van der Waals surface area contributed by atoms with E-state index < -0.39 is 0 Å². The fourth-order valence-corrected chi connectivity index (χ4v) is 1.34. The maximum absolute atomic E-state index is 13.3. The van der Waals surface area contributed by atoms with Crippen molar-refractivity contribution in [2.75, 3.05) is 0 Å². The lowest BCUT2D eigenvalue weighted by atomic mass is 10.2. The largest absolute Gasteiger partial charge is 0.197 e. The minimum Gasteiger partial charge on any atom is -0.197 e. The predicted octanol–water partition coefficient (Wildman–Crippen LogP) is 4.58. The van der Waals surface area contributed by atoms with E-state index in [-0.39, 0.29) is 5.83 Å². The van der Waals surface area contributed by atoms with Gasteiger partial charge in [-0.05, 0) is 24.0 Å². The Morgan fingerprint density at radius 1 is 1.25 bits per heavy atom. The van der Waals surface area contributed by atoms with Crippen molar-refractivity contribution in [2.45, 2.75) is 32.6 Å². The van der Waals surface area contributed by atoms with Gasteiger partial charge in [0.15, 0.2) is 5.83 Å². The van der Waals surface area contributed by atoms with Crippen molar-refractivity contribution in [3.8, 4) is 11.8 Å². The lowest BCUT2D eigenvalue weighted by Crippen LogP contribution is -1.74. The van der Waals surface area contributed by atoms with Crippen molar-refractivity contribution in [2.24, 2.45) is 0 Å². The van der Waals surface area contributed by atoms with Gasteiger partial charge >= 0.3 is 0 Å². The summed E-state index contributed by atoms with van der Waals surface area (Å²) < 4.78 is 13.3. The van der Waals surface area contributed by atoms with Gasteiger partial charge in [-0.2, -0.15) is 4.39 Å². The highest BCUT2D eigenvalue weighted by atomic mass is 19.1. The molecule has 0 bridgehead atoms. The molecule has 0 radical (unpaired) electrons. The van der Waals surface area contributed by atoms with Crippen LogP contribution in [-0.4, -0.2) is 0 Å². The van der Waals surface area contributed by atoms with Gasteiger partial charge in [0.1, 0.15) is 0 Å². The number of benzene rings is 1. The van der Waals surface area contributed by atoms with E-state index in [9.17, 15) is 4.39 Å². The molecule has 16 heavy (non-hydrogen) atoms. The quantitative estimate of drug-likeness (QED) is 0.510. The van der Waals surface area contributed by atoms with Crippen LogP contribution in [0.4, 0.5) is 4.39 Å². The maximum atomic E-state index is 13.3. The lowest BCUT2D eigenvalue weighted by Gasteiger charge is -1.90. The van der Waals surface area contributed by atoms with Crippen LogP contribution in [0.25, 0.3) is 6.08 Å². The number of rotatable bonds is 4. The number of allylic oxidation sites excluding steroid dienone is 1. The van der Waals surface area contributed by atoms with Crippen LogP contribution < -0.4 is 0 Å². The molecule has 0 unspecified atom stereocenters. The van der Waals surface area contributed by atoms with Crippen LogP contribution in [0.3, 0.4) is 0 Å². The third-order valence-electron chi connectivity index (χ3n) is 2.21. The van der Waals surface area contributed by atoms with Gasteiger partial charge < -0.3 is 0 Å². The Balaban J connectivity index is 2.45. The number of halogens is 1. The Morgan fingerprint density at radius 2 is 2.00 bits per heavy atom. The summed E-state index contributed by atoms with van der Waals surface area (Å²) in [6.45, 7) is 2.14. The van der Waals surface area contributed by atoms with Crippen LogP contribution in [0.5, 0.6) is 0 Å². The molecule has 1 heteroatoms. The third kappa shape index (κ3) is 5.36. The molecule has 0 saturated heterocycles. The first kappa shape index (κ1) is 12.5. The molecule has 1 aromatic rings. The zero-order chi connectivity index (χ0) is 11.6. The smallest absolute Gasteiger partial charge is 0.173 e. The summed E-state index contributed by atoms with van der Waals surface area (Å²) >= 11 is 0. The highest BCUT2D eigenvalue weighted by Crippen LogP contribution is 2.06. The van der Waals surface area contributed by atoms with E-state index in [1.54, 1.807) is 0 Å². The van der Waals surface area contributed by atoms with Gasteiger partial charge in [0.25, 0.3) is 0 Å². The number of hydrogen-bond donors (Lipinski definition) is 0. The maximum Gasteiger partial charge on any atom is 0.173 e. The van der Waals surface area contributed by atoms with Gasteiger partial charge in [-0.3, -0.25) is 0 Å². The van der Waals surface area contributed by atoms with E-state index in [0.717, 1.165) is 18.4 Å². The molecule has 0 atom stereocenters. The second-order valence-corrected chi connectivity index (χ2v) is 3.66. The zero-order valence-corrected chi connectivity index (χ0v) is 9.67. The van der Waals surface area contributed by atoms with E-state index in [1.807, 2.05) is 30.3 Å². The van der Waals surface area contributed by atoms with E-state index >= 15 is 0 Å². The summed E-state index contributed by atoms with van der Waals surface area (Å²) in [6, 6.07) is 9.39. The Labute approximate surface area is 97.2 Å². The molecular weight excluding hydrogens is 199 g/mol.